The molecule has 5 rings (SSSR count). The van der Waals surface area contributed by atoms with Gasteiger partial charge < -0.3 is 14.7 Å². The lowest BCUT2D eigenvalue weighted by atomic mass is 9.82. The van der Waals surface area contributed by atoms with Crippen LogP contribution in [-0.2, 0) is 4.74 Å². The quantitative estimate of drug-likeness (QED) is 0.208. The van der Waals surface area contributed by atoms with Crippen LogP contribution in [0, 0.1) is 0 Å². The number of unbranched alkanes of at least 4 members (excludes halogenated alkanes) is 12. The fraction of sp³-hybridized carbons (Fsp3) is 0.649. The highest BCUT2D eigenvalue weighted by Crippen LogP contribution is 2.46. The first-order chi connectivity index (χ1) is 20.1. The highest BCUT2D eigenvalue weighted by atomic mass is 16.6. The van der Waals surface area contributed by atoms with Crippen LogP contribution in [-0.4, -0.2) is 40.4 Å². The molecule has 0 aromatic heterocycles. The molecule has 224 valence electrons. The molecule has 0 radical (unpaired) electrons. The fourth-order valence-corrected chi connectivity index (χ4v) is 7.97. The van der Waals surface area contributed by atoms with E-state index in [9.17, 15) is 9.90 Å². The van der Waals surface area contributed by atoms with Crippen LogP contribution in [0.3, 0.4) is 0 Å². The maximum atomic E-state index is 13.4. The van der Waals surface area contributed by atoms with E-state index in [1.54, 1.807) is 0 Å². The highest BCUT2D eigenvalue weighted by molar-refractivity contribution is 5.79. The van der Waals surface area contributed by atoms with Crippen molar-refractivity contribution in [1.29, 1.82) is 0 Å². The van der Waals surface area contributed by atoms with Gasteiger partial charge in [-0.2, -0.15) is 0 Å². The molecule has 2 aromatic carbocycles. The number of hydrogen-bond acceptors (Lipinski definition) is 3. The number of carbonyl (C=O) groups is 1. The van der Waals surface area contributed by atoms with E-state index in [1.807, 2.05) is 4.90 Å². The minimum atomic E-state index is -0.621. The zero-order valence-electron chi connectivity index (χ0n) is 25.5. The second-order valence-electron chi connectivity index (χ2n) is 13.2. The van der Waals surface area contributed by atoms with Gasteiger partial charge in [0.05, 0.1) is 5.60 Å². The molecule has 1 amide bonds. The summed E-state index contributed by atoms with van der Waals surface area (Å²) in [6.07, 6.45) is 21.5. The van der Waals surface area contributed by atoms with Crippen molar-refractivity contribution in [2.75, 3.05) is 6.61 Å². The van der Waals surface area contributed by atoms with E-state index in [2.05, 4.69) is 55.5 Å². The summed E-state index contributed by atoms with van der Waals surface area (Å²) >= 11 is 0. The van der Waals surface area contributed by atoms with E-state index in [0.717, 1.165) is 25.7 Å². The molecule has 2 saturated heterocycles. The van der Waals surface area contributed by atoms with Gasteiger partial charge in [-0.1, -0.05) is 139 Å². The van der Waals surface area contributed by atoms with Crippen LogP contribution in [0.25, 0.3) is 11.1 Å². The molecule has 2 aliphatic heterocycles. The topological polar surface area (TPSA) is 49.8 Å². The van der Waals surface area contributed by atoms with E-state index in [-0.39, 0.29) is 24.1 Å². The SMILES string of the molecule is CCCCCCCCCCCCCCCC1(O)CC2CCC(C1)N2C(=O)OCC1c2ccccc2-c2ccccc21. The van der Waals surface area contributed by atoms with Crippen molar-refractivity contribution in [2.24, 2.45) is 0 Å². The molecule has 0 saturated carbocycles. The van der Waals surface area contributed by atoms with Gasteiger partial charge in [-0.05, 0) is 54.4 Å². The Hall–Kier alpha value is -2.33. The van der Waals surface area contributed by atoms with Gasteiger partial charge in [-0.15, -0.1) is 0 Å². The van der Waals surface area contributed by atoms with E-state index >= 15 is 0 Å². The Labute approximate surface area is 248 Å². The van der Waals surface area contributed by atoms with Gasteiger partial charge >= 0.3 is 6.09 Å². The number of carbonyl (C=O) groups excluding carboxylic acids is 1. The van der Waals surface area contributed by atoms with Crippen molar-refractivity contribution < 1.29 is 14.6 Å². The van der Waals surface area contributed by atoms with Crippen molar-refractivity contribution in [2.45, 2.75) is 146 Å². The molecule has 2 unspecified atom stereocenters. The lowest BCUT2D eigenvalue weighted by molar-refractivity contribution is -0.0548. The normalized spacial score (nSPS) is 23.0. The Morgan fingerprint density at radius 2 is 1.22 bits per heavy atom. The number of fused-ring (bicyclic) bond motifs is 5. The van der Waals surface area contributed by atoms with Crippen molar-refractivity contribution in [3.8, 4) is 11.1 Å². The molecule has 2 atom stereocenters. The number of ether oxygens (including phenoxy) is 1. The van der Waals surface area contributed by atoms with Crippen molar-refractivity contribution in [3.63, 3.8) is 0 Å². The maximum Gasteiger partial charge on any atom is 0.410 e. The molecule has 4 nitrogen and oxygen atoms in total. The van der Waals surface area contributed by atoms with Crippen LogP contribution in [0.5, 0.6) is 0 Å². The van der Waals surface area contributed by atoms with Crippen molar-refractivity contribution in [3.05, 3.63) is 59.7 Å². The second kappa shape index (κ2) is 14.7. The van der Waals surface area contributed by atoms with Crippen LogP contribution in [0.1, 0.15) is 140 Å². The number of nitrogens with zero attached hydrogens (tertiary/aromatic N) is 1. The first-order valence-corrected chi connectivity index (χ1v) is 17.0. The lowest BCUT2D eigenvalue weighted by Crippen LogP contribution is -2.53. The molecule has 2 heterocycles. The molecule has 1 aliphatic carbocycles. The summed E-state index contributed by atoms with van der Waals surface area (Å²) in [5.41, 5.74) is 4.37. The molecule has 2 bridgehead atoms. The number of hydrogen-bond donors (Lipinski definition) is 1. The average Bonchev–Trinajstić information content (AvgIpc) is 3.46. The third kappa shape index (κ3) is 7.55. The summed E-state index contributed by atoms with van der Waals surface area (Å²) in [7, 11) is 0. The zero-order chi connectivity index (χ0) is 28.5. The number of piperidine rings is 1. The minimum Gasteiger partial charge on any atom is -0.448 e. The van der Waals surface area contributed by atoms with Crippen molar-refractivity contribution in [1.82, 2.24) is 4.90 Å². The second-order valence-corrected chi connectivity index (χ2v) is 13.2. The predicted molar refractivity (Wildman–Crippen MR) is 168 cm³/mol. The average molecular weight is 560 g/mol. The standard InChI is InChI=1S/C37H53NO3/c1-2-3-4-5-6-7-8-9-10-11-12-13-18-25-37(40)26-29-23-24-30(27-37)38(29)36(39)41-28-35-33-21-16-14-19-31(33)32-20-15-17-22-34(32)35/h14-17,19-22,29-30,35,40H,2-13,18,23-28H2,1H3. The molecule has 2 aromatic rings. The Morgan fingerprint density at radius 1 is 0.756 bits per heavy atom. The molecular formula is C37H53NO3. The summed E-state index contributed by atoms with van der Waals surface area (Å²) in [5.74, 6) is 0.0845. The van der Waals surface area contributed by atoms with Crippen LogP contribution in [0.15, 0.2) is 48.5 Å². The van der Waals surface area contributed by atoms with Crippen LogP contribution >= 0.6 is 0 Å². The summed E-state index contributed by atoms with van der Waals surface area (Å²) < 4.78 is 6.02. The van der Waals surface area contributed by atoms with Crippen LogP contribution in [0.4, 0.5) is 4.79 Å². The summed E-state index contributed by atoms with van der Waals surface area (Å²) in [6, 6.07) is 17.2. The number of rotatable bonds is 16. The molecular weight excluding hydrogens is 506 g/mol. The molecule has 4 heteroatoms. The van der Waals surface area contributed by atoms with Gasteiger partial charge in [-0.25, -0.2) is 4.79 Å². The number of benzene rings is 2. The van der Waals surface area contributed by atoms with Crippen molar-refractivity contribution >= 4 is 6.09 Å². The smallest absolute Gasteiger partial charge is 0.410 e. The van der Waals surface area contributed by atoms with Gasteiger partial charge in [0.15, 0.2) is 0 Å². The van der Waals surface area contributed by atoms with Crippen LogP contribution in [0.2, 0.25) is 0 Å². The third-order valence-electron chi connectivity index (χ3n) is 10.1. The third-order valence-corrected chi connectivity index (χ3v) is 10.1. The zero-order valence-corrected chi connectivity index (χ0v) is 25.5. The molecule has 2 fully saturated rings. The summed E-state index contributed by atoms with van der Waals surface area (Å²) in [6.45, 7) is 2.65. The van der Waals surface area contributed by atoms with Gasteiger partial charge in [0.25, 0.3) is 0 Å². The molecule has 0 spiro atoms. The Bertz CT molecular complexity index is 1050. The molecule has 1 N–H and O–H groups in total. The predicted octanol–water partition coefficient (Wildman–Crippen LogP) is 9.77. The monoisotopic (exact) mass is 559 g/mol. The minimum absolute atomic E-state index is 0.0845. The Kier molecular flexibility index (Phi) is 10.8. The van der Waals surface area contributed by atoms with E-state index in [0.29, 0.717) is 19.4 Å². The first-order valence-electron chi connectivity index (χ1n) is 17.0. The summed E-state index contributed by atoms with van der Waals surface area (Å²) in [4.78, 5) is 15.3. The first kappa shape index (κ1) is 30.1. The maximum absolute atomic E-state index is 13.4. The summed E-state index contributed by atoms with van der Waals surface area (Å²) in [5, 5.41) is 11.5. The van der Waals surface area contributed by atoms with Gasteiger partial charge in [0.1, 0.15) is 6.61 Å². The van der Waals surface area contributed by atoms with Gasteiger partial charge in [0, 0.05) is 18.0 Å². The Morgan fingerprint density at radius 3 is 1.73 bits per heavy atom. The highest BCUT2D eigenvalue weighted by Gasteiger charge is 2.49. The van der Waals surface area contributed by atoms with Crippen LogP contribution < -0.4 is 0 Å². The van der Waals surface area contributed by atoms with Gasteiger partial charge in [-0.3, -0.25) is 0 Å². The van der Waals surface area contributed by atoms with Gasteiger partial charge in [0.2, 0.25) is 0 Å². The molecule has 41 heavy (non-hydrogen) atoms. The Balaban J connectivity index is 1.00. The lowest BCUT2D eigenvalue weighted by Gasteiger charge is -2.43. The largest absolute Gasteiger partial charge is 0.448 e. The number of aliphatic hydroxyl groups is 1. The fourth-order valence-electron chi connectivity index (χ4n) is 7.97. The number of amides is 1. The van der Waals surface area contributed by atoms with E-state index < -0.39 is 5.60 Å². The molecule has 3 aliphatic rings. The van der Waals surface area contributed by atoms with E-state index in [1.165, 1.54) is 99.3 Å². The van der Waals surface area contributed by atoms with E-state index in [4.69, 9.17) is 4.74 Å².